The van der Waals surface area contributed by atoms with Crippen molar-refractivity contribution in [1.82, 2.24) is 10.3 Å². The van der Waals surface area contributed by atoms with Crippen molar-refractivity contribution < 1.29 is 41.4 Å². The minimum absolute atomic E-state index is 0.0558. The zero-order valence-electron chi connectivity index (χ0n) is 24.0. The number of benzene rings is 3. The molecule has 0 amide bonds. The lowest BCUT2D eigenvalue weighted by atomic mass is 10.0. The lowest BCUT2D eigenvalue weighted by molar-refractivity contribution is -0.139. The molecule has 230 valence electrons. The highest BCUT2D eigenvalue weighted by Crippen LogP contribution is 2.29. The Morgan fingerprint density at radius 3 is 2.27 bits per heavy atom. The number of nitrogens with one attached hydrogen (secondary N) is 1. The van der Waals surface area contributed by atoms with E-state index in [4.69, 9.17) is 9.15 Å². The molecule has 0 aliphatic rings. The average Bonchev–Trinajstić information content (AvgIpc) is 3.37. The molecule has 1 heterocycles. The van der Waals surface area contributed by atoms with Crippen LogP contribution in [0, 0.1) is 12.7 Å². The summed E-state index contributed by atoms with van der Waals surface area (Å²) in [6, 6.07) is 15.6. The number of ether oxygens (including phenoxy) is 1. The monoisotopic (exact) mass is 610 g/mol. The van der Waals surface area contributed by atoms with Crippen LogP contribution >= 0.6 is 0 Å². The number of aromatic nitrogens is 1. The third-order valence-electron chi connectivity index (χ3n) is 6.80. The quantitative estimate of drug-likeness (QED) is 0.0939. The molecule has 0 bridgehead atoms. The van der Waals surface area contributed by atoms with Gasteiger partial charge in [0.2, 0.25) is 5.89 Å². The Balaban J connectivity index is 1.32. The van der Waals surface area contributed by atoms with Gasteiger partial charge in [-0.1, -0.05) is 31.2 Å². The lowest BCUT2D eigenvalue weighted by Crippen LogP contribution is -2.38. The number of nitrogens with zero attached hydrogens (tertiary/aromatic N) is 1. The van der Waals surface area contributed by atoms with Gasteiger partial charge < -0.3 is 19.6 Å². The Hall–Kier alpha value is -4.93. The van der Waals surface area contributed by atoms with E-state index in [0.717, 1.165) is 24.3 Å². The second-order valence-corrected chi connectivity index (χ2v) is 9.97. The van der Waals surface area contributed by atoms with Crippen LogP contribution in [0.2, 0.25) is 0 Å². The van der Waals surface area contributed by atoms with Crippen LogP contribution in [0.4, 0.5) is 17.6 Å². The summed E-state index contributed by atoms with van der Waals surface area (Å²) < 4.78 is 63.2. The van der Waals surface area contributed by atoms with E-state index in [9.17, 15) is 32.3 Å². The average molecular weight is 611 g/mol. The van der Waals surface area contributed by atoms with Gasteiger partial charge in [0.25, 0.3) is 0 Å². The Morgan fingerprint density at radius 2 is 1.68 bits per heavy atom. The minimum Gasteiger partial charge on any atom is -0.493 e. The van der Waals surface area contributed by atoms with Crippen LogP contribution in [0.25, 0.3) is 11.5 Å². The predicted molar refractivity (Wildman–Crippen MR) is 155 cm³/mol. The fourth-order valence-corrected chi connectivity index (χ4v) is 4.33. The van der Waals surface area contributed by atoms with Gasteiger partial charge in [0.1, 0.15) is 23.4 Å². The summed E-state index contributed by atoms with van der Waals surface area (Å²) >= 11 is 0. The van der Waals surface area contributed by atoms with Gasteiger partial charge in [-0.05, 0) is 67.4 Å². The van der Waals surface area contributed by atoms with Gasteiger partial charge in [-0.15, -0.1) is 0 Å². The molecule has 7 nitrogen and oxygen atoms in total. The normalized spacial score (nSPS) is 12.5. The number of allylic oxidation sites excluding steroid dienone is 2. The molecule has 4 rings (SSSR count). The molecule has 0 aliphatic carbocycles. The Bertz CT molecular complexity index is 1610. The molecule has 11 heteroatoms. The Kier molecular flexibility index (Phi) is 10.2. The van der Waals surface area contributed by atoms with Gasteiger partial charge >= 0.3 is 12.1 Å². The van der Waals surface area contributed by atoms with Crippen molar-refractivity contribution in [1.29, 1.82) is 0 Å². The SMILES string of the molecule is CC/C(=C/C(=O)c1ccc(C(F)(F)F)cc1)N[C@@H](Cc1ccc(OCCc2nc(-c3ccc(F)cc3)oc2C)cc1)C(=O)O. The predicted octanol–water partition coefficient (Wildman–Crippen LogP) is 7.19. The maximum Gasteiger partial charge on any atom is 0.416 e. The zero-order chi connectivity index (χ0) is 31.9. The topological polar surface area (TPSA) is 102 Å². The van der Waals surface area contributed by atoms with E-state index in [1.165, 1.54) is 18.2 Å². The molecule has 1 aromatic heterocycles. The number of ketones is 1. The summed E-state index contributed by atoms with van der Waals surface area (Å²) in [6.45, 7) is 3.83. The molecular formula is C33H30F4N2O5. The number of rotatable bonds is 13. The summed E-state index contributed by atoms with van der Waals surface area (Å²) in [7, 11) is 0. The highest BCUT2D eigenvalue weighted by atomic mass is 19.4. The molecule has 3 aromatic carbocycles. The number of carboxylic acids is 1. The van der Waals surface area contributed by atoms with Crippen molar-refractivity contribution in [2.45, 2.75) is 45.3 Å². The summed E-state index contributed by atoms with van der Waals surface area (Å²) in [4.78, 5) is 29.1. The number of oxazole rings is 1. The van der Waals surface area contributed by atoms with Crippen LogP contribution in [0.5, 0.6) is 5.75 Å². The van der Waals surface area contributed by atoms with Crippen LogP contribution in [0.15, 0.2) is 89.0 Å². The molecule has 4 aromatic rings. The minimum atomic E-state index is -4.51. The molecule has 0 radical (unpaired) electrons. The van der Waals surface area contributed by atoms with Crippen LogP contribution in [0.3, 0.4) is 0 Å². The molecule has 1 atom stereocenters. The number of carboxylic acid groups (broad SMARTS) is 1. The first kappa shape index (κ1) is 32.0. The van der Waals surface area contributed by atoms with E-state index in [1.54, 1.807) is 50.2 Å². The van der Waals surface area contributed by atoms with Crippen molar-refractivity contribution >= 4 is 11.8 Å². The van der Waals surface area contributed by atoms with E-state index in [1.807, 2.05) is 0 Å². The number of carbonyl (C=O) groups is 2. The molecule has 44 heavy (non-hydrogen) atoms. The zero-order valence-corrected chi connectivity index (χ0v) is 24.0. The van der Waals surface area contributed by atoms with E-state index in [0.29, 0.717) is 59.4 Å². The number of hydrogen-bond acceptors (Lipinski definition) is 6. The molecule has 0 fully saturated rings. The van der Waals surface area contributed by atoms with Crippen molar-refractivity contribution in [2.75, 3.05) is 6.61 Å². The Morgan fingerprint density at radius 1 is 1.02 bits per heavy atom. The summed E-state index contributed by atoms with van der Waals surface area (Å²) in [5.74, 6) is -0.411. The first-order chi connectivity index (χ1) is 20.9. The van der Waals surface area contributed by atoms with Crippen LogP contribution in [-0.4, -0.2) is 34.5 Å². The number of aliphatic carboxylic acids is 1. The summed E-state index contributed by atoms with van der Waals surface area (Å²) in [5.41, 5.74) is 1.62. The smallest absolute Gasteiger partial charge is 0.416 e. The first-order valence-corrected chi connectivity index (χ1v) is 13.8. The van der Waals surface area contributed by atoms with E-state index < -0.39 is 29.5 Å². The second kappa shape index (κ2) is 14.0. The maximum atomic E-state index is 13.2. The second-order valence-electron chi connectivity index (χ2n) is 9.97. The number of aryl methyl sites for hydroxylation is 1. The molecule has 0 saturated carbocycles. The van der Waals surface area contributed by atoms with Gasteiger partial charge in [-0.3, -0.25) is 4.79 Å². The number of hydrogen-bond donors (Lipinski definition) is 2. The van der Waals surface area contributed by atoms with Gasteiger partial charge in [0.05, 0.1) is 17.9 Å². The summed E-state index contributed by atoms with van der Waals surface area (Å²) in [5, 5.41) is 12.7. The van der Waals surface area contributed by atoms with Crippen LogP contribution in [-0.2, 0) is 23.8 Å². The van der Waals surface area contributed by atoms with Gasteiger partial charge in [0, 0.05) is 35.7 Å². The van der Waals surface area contributed by atoms with Crippen molar-refractivity contribution in [3.8, 4) is 17.2 Å². The molecular weight excluding hydrogens is 580 g/mol. The number of alkyl halides is 3. The van der Waals surface area contributed by atoms with Crippen LogP contribution in [0.1, 0.15) is 46.3 Å². The fraction of sp³-hybridized carbons (Fsp3) is 0.242. The van der Waals surface area contributed by atoms with E-state index in [2.05, 4.69) is 10.3 Å². The van der Waals surface area contributed by atoms with Gasteiger partial charge in [-0.25, -0.2) is 14.2 Å². The molecule has 0 saturated heterocycles. The van der Waals surface area contributed by atoms with Gasteiger partial charge in [0.15, 0.2) is 5.78 Å². The lowest BCUT2D eigenvalue weighted by Gasteiger charge is -2.18. The number of halogens is 4. The third kappa shape index (κ3) is 8.56. The summed E-state index contributed by atoms with van der Waals surface area (Å²) in [6.07, 6.45) is -2.43. The molecule has 0 aliphatic heterocycles. The molecule has 0 spiro atoms. The standard InChI is InChI=1S/C33H30F4N2O5/c1-3-26(19-30(40)22-6-10-24(11-7-22)33(35,36)37)38-29(32(41)42)18-21-4-14-27(15-5-21)43-17-16-28-20(2)44-31(39-28)23-8-12-25(34)13-9-23/h4-15,19,29,38H,3,16-18H2,1-2H3,(H,41,42)/b26-19-/t29-/m0/s1. The van der Waals surface area contributed by atoms with Crippen molar-refractivity contribution in [3.05, 3.63) is 119 Å². The maximum absolute atomic E-state index is 13.2. The Labute approximate surface area is 251 Å². The number of carbonyl (C=O) groups excluding carboxylic acids is 1. The van der Waals surface area contributed by atoms with Crippen molar-refractivity contribution in [3.63, 3.8) is 0 Å². The highest BCUT2D eigenvalue weighted by Gasteiger charge is 2.30. The largest absolute Gasteiger partial charge is 0.493 e. The highest BCUT2D eigenvalue weighted by molar-refractivity contribution is 6.04. The molecule has 2 N–H and O–H groups in total. The van der Waals surface area contributed by atoms with E-state index >= 15 is 0 Å². The third-order valence-corrected chi connectivity index (χ3v) is 6.80. The van der Waals surface area contributed by atoms with Crippen molar-refractivity contribution in [2.24, 2.45) is 0 Å². The van der Waals surface area contributed by atoms with Gasteiger partial charge in [-0.2, -0.15) is 13.2 Å². The van der Waals surface area contributed by atoms with Crippen LogP contribution < -0.4 is 10.1 Å². The van der Waals surface area contributed by atoms with E-state index in [-0.39, 0.29) is 17.8 Å². The molecule has 0 unspecified atom stereocenters. The fourth-order valence-electron chi connectivity index (χ4n) is 4.33. The first-order valence-electron chi connectivity index (χ1n) is 13.8.